The Morgan fingerprint density at radius 3 is 2.54 bits per heavy atom. The topological polar surface area (TPSA) is 81.5 Å². The van der Waals surface area contributed by atoms with Gasteiger partial charge >= 0.3 is 5.97 Å². The molecule has 7 heteroatoms. The van der Waals surface area contributed by atoms with Crippen LogP contribution in [0.4, 0.5) is 0 Å². The van der Waals surface area contributed by atoms with E-state index in [1.807, 2.05) is 27.7 Å². The van der Waals surface area contributed by atoms with Crippen LogP contribution in [0.15, 0.2) is 23.1 Å². The first kappa shape index (κ1) is 20.0. The summed E-state index contributed by atoms with van der Waals surface area (Å²) in [6.45, 7) is 7.96. The molecular weight excluding hydrogens is 358 g/mol. The number of nitrogens with zero attached hydrogens (tertiary/aromatic N) is 3. The van der Waals surface area contributed by atoms with Gasteiger partial charge in [0.2, 0.25) is 5.43 Å². The van der Waals surface area contributed by atoms with Crippen LogP contribution >= 0.6 is 0 Å². The van der Waals surface area contributed by atoms with Gasteiger partial charge in [0, 0.05) is 30.5 Å². The molecule has 3 rings (SSSR count). The van der Waals surface area contributed by atoms with E-state index in [9.17, 15) is 14.4 Å². The van der Waals surface area contributed by atoms with Gasteiger partial charge in [-0.3, -0.25) is 9.59 Å². The standard InChI is InChI=1S/C21H27N3O4/c1-5-23-11-17(19(26)16-10-9-13(2)22-20(16)23)21(27)28-12-18(25)24-14(3)7-6-8-15(24)4/h9-11,14-15H,5-8,12H2,1-4H3/t14-,15-/m1/s1. The van der Waals surface area contributed by atoms with Gasteiger partial charge in [-0.1, -0.05) is 0 Å². The zero-order valence-corrected chi connectivity index (χ0v) is 16.9. The second-order valence-electron chi connectivity index (χ2n) is 7.49. The van der Waals surface area contributed by atoms with Crippen LogP contribution < -0.4 is 5.43 Å². The number of carbonyl (C=O) groups is 2. The number of hydrogen-bond donors (Lipinski definition) is 0. The lowest BCUT2D eigenvalue weighted by Gasteiger charge is -2.38. The minimum absolute atomic E-state index is 0.0763. The van der Waals surface area contributed by atoms with Gasteiger partial charge in [-0.15, -0.1) is 0 Å². The highest BCUT2D eigenvalue weighted by molar-refractivity contribution is 5.94. The molecular formula is C21H27N3O4. The van der Waals surface area contributed by atoms with E-state index < -0.39 is 11.4 Å². The third-order valence-electron chi connectivity index (χ3n) is 5.43. The third kappa shape index (κ3) is 3.79. The molecule has 1 aliphatic heterocycles. The molecule has 1 saturated heterocycles. The fourth-order valence-corrected chi connectivity index (χ4v) is 3.94. The summed E-state index contributed by atoms with van der Waals surface area (Å²) in [5.41, 5.74) is 0.827. The second-order valence-corrected chi connectivity index (χ2v) is 7.49. The molecule has 0 unspecified atom stereocenters. The summed E-state index contributed by atoms with van der Waals surface area (Å²) in [6.07, 6.45) is 4.45. The molecule has 1 amide bonds. The second kappa shape index (κ2) is 8.12. The van der Waals surface area contributed by atoms with Crippen LogP contribution in [0.1, 0.15) is 56.1 Å². The Morgan fingerprint density at radius 2 is 1.89 bits per heavy atom. The van der Waals surface area contributed by atoms with E-state index >= 15 is 0 Å². The van der Waals surface area contributed by atoms with E-state index in [1.54, 1.807) is 21.6 Å². The molecule has 0 saturated carbocycles. The van der Waals surface area contributed by atoms with Gasteiger partial charge in [0.1, 0.15) is 11.2 Å². The van der Waals surface area contributed by atoms with Gasteiger partial charge in [-0.25, -0.2) is 9.78 Å². The van der Waals surface area contributed by atoms with Gasteiger partial charge < -0.3 is 14.2 Å². The van der Waals surface area contributed by atoms with Gasteiger partial charge in [-0.05, 0) is 59.1 Å². The van der Waals surface area contributed by atoms with Crippen LogP contribution in [0.3, 0.4) is 0 Å². The molecule has 1 fully saturated rings. The summed E-state index contributed by atoms with van der Waals surface area (Å²) >= 11 is 0. The maximum atomic E-state index is 12.8. The summed E-state index contributed by atoms with van der Waals surface area (Å²) in [5.74, 6) is -0.998. The maximum absolute atomic E-state index is 12.8. The number of aryl methyl sites for hydroxylation is 2. The molecule has 0 aliphatic carbocycles. The predicted molar refractivity (Wildman–Crippen MR) is 106 cm³/mol. The monoisotopic (exact) mass is 385 g/mol. The number of piperidine rings is 1. The van der Waals surface area contributed by atoms with Crippen molar-refractivity contribution in [2.45, 2.75) is 65.6 Å². The van der Waals surface area contributed by atoms with Crippen LogP contribution in [-0.2, 0) is 16.1 Å². The van der Waals surface area contributed by atoms with Gasteiger partial charge in [0.25, 0.3) is 5.91 Å². The lowest BCUT2D eigenvalue weighted by Crippen LogP contribution is -2.49. The van der Waals surface area contributed by atoms with E-state index in [1.165, 1.54) is 6.20 Å². The Morgan fingerprint density at radius 1 is 1.21 bits per heavy atom. The molecule has 2 aromatic rings. The third-order valence-corrected chi connectivity index (χ3v) is 5.43. The molecule has 2 aromatic heterocycles. The summed E-state index contributed by atoms with van der Waals surface area (Å²) in [4.78, 5) is 44.1. The zero-order valence-electron chi connectivity index (χ0n) is 16.9. The Labute approximate surface area is 164 Å². The average molecular weight is 385 g/mol. The van der Waals surface area contributed by atoms with E-state index in [0.29, 0.717) is 17.6 Å². The highest BCUT2D eigenvalue weighted by Gasteiger charge is 2.29. The van der Waals surface area contributed by atoms with Crippen molar-refractivity contribution in [3.05, 3.63) is 39.8 Å². The van der Waals surface area contributed by atoms with Crippen molar-refractivity contribution in [1.82, 2.24) is 14.5 Å². The van der Waals surface area contributed by atoms with Crippen molar-refractivity contribution in [2.75, 3.05) is 6.61 Å². The Balaban J connectivity index is 1.82. The van der Waals surface area contributed by atoms with Gasteiger partial charge in [0.05, 0.1) is 5.39 Å². The minimum Gasteiger partial charge on any atom is -0.452 e. The molecule has 28 heavy (non-hydrogen) atoms. The number of esters is 1. The first-order valence-corrected chi connectivity index (χ1v) is 9.82. The fraction of sp³-hybridized carbons (Fsp3) is 0.524. The van der Waals surface area contributed by atoms with E-state index in [2.05, 4.69) is 4.98 Å². The quantitative estimate of drug-likeness (QED) is 0.756. The molecule has 0 aromatic carbocycles. The number of pyridine rings is 2. The number of aromatic nitrogens is 2. The molecule has 0 radical (unpaired) electrons. The SMILES string of the molecule is CCn1cc(C(=O)OCC(=O)N2[C@H](C)CCC[C@H]2C)c(=O)c2ccc(C)nc21. The van der Waals surface area contributed by atoms with Crippen LogP contribution in [0.2, 0.25) is 0 Å². The van der Waals surface area contributed by atoms with Crippen molar-refractivity contribution in [3.8, 4) is 0 Å². The fourth-order valence-electron chi connectivity index (χ4n) is 3.94. The van der Waals surface area contributed by atoms with E-state index in [0.717, 1.165) is 25.0 Å². The number of fused-ring (bicyclic) bond motifs is 1. The highest BCUT2D eigenvalue weighted by atomic mass is 16.5. The molecule has 0 N–H and O–H groups in total. The van der Waals surface area contributed by atoms with Crippen molar-refractivity contribution < 1.29 is 14.3 Å². The summed E-state index contributed by atoms with van der Waals surface area (Å²) in [5, 5.41) is 0.367. The van der Waals surface area contributed by atoms with Gasteiger partial charge in [-0.2, -0.15) is 0 Å². The molecule has 150 valence electrons. The van der Waals surface area contributed by atoms with E-state index in [4.69, 9.17) is 4.74 Å². The molecule has 0 bridgehead atoms. The Bertz CT molecular complexity index is 956. The summed E-state index contributed by atoms with van der Waals surface area (Å²) in [7, 11) is 0. The van der Waals surface area contributed by atoms with Crippen LogP contribution in [0, 0.1) is 6.92 Å². The maximum Gasteiger partial charge on any atom is 0.344 e. The zero-order chi connectivity index (χ0) is 20.4. The first-order chi connectivity index (χ1) is 13.3. The minimum atomic E-state index is -0.777. The average Bonchev–Trinajstić information content (AvgIpc) is 2.66. The number of rotatable bonds is 4. The van der Waals surface area contributed by atoms with E-state index in [-0.39, 0.29) is 30.2 Å². The summed E-state index contributed by atoms with van der Waals surface area (Å²) < 4.78 is 6.98. The first-order valence-electron chi connectivity index (χ1n) is 9.82. The van der Waals surface area contributed by atoms with Crippen LogP contribution in [-0.4, -0.2) is 45.0 Å². The number of carbonyl (C=O) groups excluding carboxylic acids is 2. The van der Waals surface area contributed by atoms with Crippen molar-refractivity contribution in [3.63, 3.8) is 0 Å². The Kier molecular flexibility index (Phi) is 5.82. The summed E-state index contributed by atoms with van der Waals surface area (Å²) in [6, 6.07) is 3.66. The molecule has 3 heterocycles. The largest absolute Gasteiger partial charge is 0.452 e. The van der Waals surface area contributed by atoms with Crippen LogP contribution in [0.25, 0.3) is 11.0 Å². The highest BCUT2D eigenvalue weighted by Crippen LogP contribution is 2.22. The lowest BCUT2D eigenvalue weighted by atomic mass is 9.97. The normalized spacial score (nSPS) is 19.6. The number of amides is 1. The lowest BCUT2D eigenvalue weighted by molar-refractivity contribution is -0.140. The van der Waals surface area contributed by atoms with Gasteiger partial charge in [0.15, 0.2) is 6.61 Å². The smallest absolute Gasteiger partial charge is 0.344 e. The number of hydrogen-bond acceptors (Lipinski definition) is 5. The number of ether oxygens (including phenoxy) is 1. The molecule has 1 aliphatic rings. The molecule has 7 nitrogen and oxygen atoms in total. The predicted octanol–water partition coefficient (Wildman–Crippen LogP) is 2.67. The molecule has 2 atom stereocenters. The van der Waals surface area contributed by atoms with Crippen molar-refractivity contribution >= 4 is 22.9 Å². The van der Waals surface area contributed by atoms with Crippen molar-refractivity contribution in [2.24, 2.45) is 0 Å². The van der Waals surface area contributed by atoms with Crippen molar-refractivity contribution in [1.29, 1.82) is 0 Å². The van der Waals surface area contributed by atoms with Crippen LogP contribution in [0.5, 0.6) is 0 Å². The Hall–Kier alpha value is -2.70. The molecule has 0 spiro atoms. The number of likely N-dealkylation sites (tertiary alicyclic amines) is 1.